The van der Waals surface area contributed by atoms with Crippen LogP contribution in [0.4, 0.5) is 0 Å². The van der Waals surface area contributed by atoms with Crippen molar-refractivity contribution >= 4 is 11.3 Å². The number of rotatable bonds is 3. The monoisotopic (exact) mass is 170 g/mol. The third kappa shape index (κ3) is 2.64. The van der Waals surface area contributed by atoms with Gasteiger partial charge in [-0.15, -0.1) is 11.3 Å². The van der Waals surface area contributed by atoms with Gasteiger partial charge in [-0.2, -0.15) is 0 Å². The lowest BCUT2D eigenvalue weighted by Gasteiger charge is -2.12. The van der Waals surface area contributed by atoms with Crippen LogP contribution in [0.3, 0.4) is 0 Å². The van der Waals surface area contributed by atoms with E-state index >= 15 is 0 Å². The van der Waals surface area contributed by atoms with E-state index in [1.165, 1.54) is 4.88 Å². The van der Waals surface area contributed by atoms with Gasteiger partial charge in [-0.05, 0) is 17.4 Å². The lowest BCUT2D eigenvalue weighted by atomic mass is 10.0. The zero-order valence-corrected chi connectivity index (χ0v) is 7.77. The molecule has 0 saturated carbocycles. The molecular formula is C9H14OS. The van der Waals surface area contributed by atoms with E-state index in [-0.39, 0.29) is 6.10 Å². The lowest BCUT2D eigenvalue weighted by Crippen LogP contribution is -2.16. The molecule has 0 spiro atoms. The van der Waals surface area contributed by atoms with Crippen molar-refractivity contribution in [1.29, 1.82) is 0 Å². The molecule has 2 heteroatoms. The molecule has 0 aliphatic heterocycles. The summed E-state index contributed by atoms with van der Waals surface area (Å²) in [5.41, 5.74) is 0. The van der Waals surface area contributed by atoms with Gasteiger partial charge in [0.2, 0.25) is 0 Å². The average Bonchev–Trinajstić information content (AvgIpc) is 2.39. The summed E-state index contributed by atoms with van der Waals surface area (Å²) >= 11 is 1.71. The Kier molecular flexibility index (Phi) is 3.09. The summed E-state index contributed by atoms with van der Waals surface area (Å²) in [5, 5.41) is 11.5. The summed E-state index contributed by atoms with van der Waals surface area (Å²) in [4.78, 5) is 1.27. The van der Waals surface area contributed by atoms with Gasteiger partial charge >= 0.3 is 0 Å². The van der Waals surface area contributed by atoms with Gasteiger partial charge in [-0.25, -0.2) is 0 Å². The van der Waals surface area contributed by atoms with Gasteiger partial charge in [-0.1, -0.05) is 19.9 Å². The van der Waals surface area contributed by atoms with Crippen LogP contribution in [0.25, 0.3) is 0 Å². The maximum absolute atomic E-state index is 9.50. The summed E-state index contributed by atoms with van der Waals surface area (Å²) in [6.07, 6.45) is 0.614. The summed E-state index contributed by atoms with van der Waals surface area (Å²) in [7, 11) is 0. The fraction of sp³-hybridized carbons (Fsp3) is 0.556. The average molecular weight is 170 g/mol. The van der Waals surface area contributed by atoms with Crippen molar-refractivity contribution in [3.63, 3.8) is 0 Å². The molecule has 1 rings (SSSR count). The highest BCUT2D eigenvalue weighted by Crippen LogP contribution is 2.14. The van der Waals surface area contributed by atoms with E-state index < -0.39 is 0 Å². The molecule has 0 aliphatic carbocycles. The topological polar surface area (TPSA) is 20.2 Å². The molecule has 0 aliphatic rings. The molecule has 62 valence electrons. The van der Waals surface area contributed by atoms with Crippen molar-refractivity contribution in [2.75, 3.05) is 0 Å². The Morgan fingerprint density at radius 1 is 1.55 bits per heavy atom. The molecule has 1 N–H and O–H groups in total. The van der Waals surface area contributed by atoms with Crippen molar-refractivity contribution < 1.29 is 5.11 Å². The lowest BCUT2D eigenvalue weighted by molar-refractivity contribution is 0.126. The van der Waals surface area contributed by atoms with Crippen LogP contribution < -0.4 is 0 Å². The predicted molar refractivity (Wildman–Crippen MR) is 48.9 cm³/mol. The molecule has 1 heterocycles. The summed E-state index contributed by atoms with van der Waals surface area (Å²) in [6, 6.07) is 4.09. The minimum absolute atomic E-state index is 0.186. The van der Waals surface area contributed by atoms with Crippen LogP contribution in [0.15, 0.2) is 17.5 Å². The third-order valence-electron chi connectivity index (χ3n) is 1.76. The smallest absolute Gasteiger partial charge is 0.0611 e. The summed E-state index contributed by atoms with van der Waals surface area (Å²) in [5.74, 6) is 0.358. The second-order valence-corrected chi connectivity index (χ2v) is 4.13. The first-order valence-electron chi connectivity index (χ1n) is 3.90. The van der Waals surface area contributed by atoms with Crippen LogP contribution in [-0.2, 0) is 6.42 Å². The van der Waals surface area contributed by atoms with E-state index in [0.29, 0.717) is 5.92 Å². The number of hydrogen-bond donors (Lipinski definition) is 1. The molecule has 1 aromatic rings. The van der Waals surface area contributed by atoms with Crippen molar-refractivity contribution in [2.24, 2.45) is 5.92 Å². The van der Waals surface area contributed by atoms with Crippen molar-refractivity contribution in [1.82, 2.24) is 0 Å². The van der Waals surface area contributed by atoms with Crippen LogP contribution in [0.1, 0.15) is 18.7 Å². The molecule has 0 radical (unpaired) electrons. The fourth-order valence-corrected chi connectivity index (χ4v) is 1.63. The van der Waals surface area contributed by atoms with E-state index in [4.69, 9.17) is 0 Å². The van der Waals surface area contributed by atoms with Crippen LogP contribution in [0, 0.1) is 5.92 Å². The molecule has 1 unspecified atom stereocenters. The predicted octanol–water partition coefficient (Wildman–Crippen LogP) is 2.31. The minimum Gasteiger partial charge on any atom is -0.392 e. The van der Waals surface area contributed by atoms with E-state index in [9.17, 15) is 5.11 Å². The Morgan fingerprint density at radius 2 is 2.27 bits per heavy atom. The Hall–Kier alpha value is -0.340. The minimum atomic E-state index is -0.186. The quantitative estimate of drug-likeness (QED) is 0.738. The maximum Gasteiger partial charge on any atom is 0.0611 e. The van der Waals surface area contributed by atoms with Gasteiger partial charge in [0, 0.05) is 11.3 Å². The molecular weight excluding hydrogens is 156 g/mol. The SMILES string of the molecule is CC(C)C(O)Cc1cccs1. The van der Waals surface area contributed by atoms with Gasteiger partial charge in [-0.3, -0.25) is 0 Å². The van der Waals surface area contributed by atoms with E-state index in [2.05, 4.69) is 6.07 Å². The Morgan fingerprint density at radius 3 is 2.73 bits per heavy atom. The summed E-state index contributed by atoms with van der Waals surface area (Å²) < 4.78 is 0. The summed E-state index contributed by atoms with van der Waals surface area (Å²) in [6.45, 7) is 4.08. The van der Waals surface area contributed by atoms with Crippen molar-refractivity contribution in [3.8, 4) is 0 Å². The van der Waals surface area contributed by atoms with Crippen LogP contribution in [0.2, 0.25) is 0 Å². The van der Waals surface area contributed by atoms with Gasteiger partial charge in [0.05, 0.1) is 6.10 Å². The highest BCUT2D eigenvalue weighted by Gasteiger charge is 2.09. The molecule has 1 nitrogen and oxygen atoms in total. The standard InChI is InChI=1S/C9H14OS/c1-7(2)9(10)6-8-4-3-5-11-8/h3-5,7,9-10H,6H2,1-2H3. The van der Waals surface area contributed by atoms with E-state index in [0.717, 1.165) is 6.42 Å². The number of aliphatic hydroxyl groups excluding tert-OH is 1. The molecule has 0 aromatic carbocycles. The fourth-order valence-electron chi connectivity index (χ4n) is 0.871. The van der Waals surface area contributed by atoms with Crippen molar-refractivity contribution in [2.45, 2.75) is 26.4 Å². The molecule has 0 amide bonds. The number of hydrogen-bond acceptors (Lipinski definition) is 2. The zero-order valence-electron chi connectivity index (χ0n) is 6.95. The van der Waals surface area contributed by atoms with Crippen LogP contribution >= 0.6 is 11.3 Å². The van der Waals surface area contributed by atoms with Gasteiger partial charge in [0.15, 0.2) is 0 Å². The van der Waals surface area contributed by atoms with Gasteiger partial charge in [0.25, 0.3) is 0 Å². The maximum atomic E-state index is 9.50. The largest absolute Gasteiger partial charge is 0.392 e. The first kappa shape index (κ1) is 8.75. The van der Waals surface area contributed by atoms with Gasteiger partial charge < -0.3 is 5.11 Å². The number of aliphatic hydroxyl groups is 1. The Bertz CT molecular complexity index is 191. The van der Waals surface area contributed by atoms with E-state index in [1.807, 2.05) is 25.3 Å². The van der Waals surface area contributed by atoms with Crippen molar-refractivity contribution in [3.05, 3.63) is 22.4 Å². The third-order valence-corrected chi connectivity index (χ3v) is 2.66. The first-order valence-corrected chi connectivity index (χ1v) is 4.78. The molecule has 1 atom stereocenters. The molecule has 0 fully saturated rings. The normalized spacial score (nSPS) is 13.8. The Balaban J connectivity index is 2.43. The van der Waals surface area contributed by atoms with Crippen LogP contribution in [-0.4, -0.2) is 11.2 Å². The molecule has 1 aromatic heterocycles. The second kappa shape index (κ2) is 3.88. The highest BCUT2D eigenvalue weighted by atomic mass is 32.1. The first-order chi connectivity index (χ1) is 5.20. The Labute approximate surface area is 71.7 Å². The van der Waals surface area contributed by atoms with Crippen LogP contribution in [0.5, 0.6) is 0 Å². The zero-order chi connectivity index (χ0) is 8.27. The van der Waals surface area contributed by atoms with E-state index in [1.54, 1.807) is 11.3 Å². The highest BCUT2D eigenvalue weighted by molar-refractivity contribution is 7.09. The molecule has 0 saturated heterocycles. The van der Waals surface area contributed by atoms with Gasteiger partial charge in [0.1, 0.15) is 0 Å². The molecule has 11 heavy (non-hydrogen) atoms. The molecule has 0 bridgehead atoms. The number of thiophene rings is 1. The second-order valence-electron chi connectivity index (χ2n) is 3.09.